The number of likely N-dealkylation sites (tertiary alicyclic amines) is 1. The van der Waals surface area contributed by atoms with Gasteiger partial charge in [0.25, 0.3) is 5.91 Å². The summed E-state index contributed by atoms with van der Waals surface area (Å²) in [6.45, 7) is 2.84. The van der Waals surface area contributed by atoms with Crippen LogP contribution in [0.3, 0.4) is 0 Å². The molecule has 4 heteroatoms. The molecule has 0 spiro atoms. The highest BCUT2D eigenvalue weighted by Gasteiger charge is 2.25. The number of rotatable bonds is 0. The summed E-state index contributed by atoms with van der Waals surface area (Å²) in [7, 11) is 0. The molecule has 1 saturated heterocycles. The van der Waals surface area contributed by atoms with Gasteiger partial charge in [0, 0.05) is 25.2 Å². The van der Waals surface area contributed by atoms with Crippen molar-refractivity contribution in [1.82, 2.24) is 4.90 Å². The van der Waals surface area contributed by atoms with Gasteiger partial charge < -0.3 is 16.4 Å². The maximum atomic E-state index is 11.3. The molecule has 0 aliphatic carbocycles. The molecule has 0 radical (unpaired) electrons. The first-order valence-electron chi connectivity index (χ1n) is 4.38. The highest BCUT2D eigenvalue weighted by molar-refractivity contribution is 5.93. The van der Waals surface area contributed by atoms with E-state index in [0.29, 0.717) is 13.1 Å². The molecule has 4 nitrogen and oxygen atoms in total. The van der Waals surface area contributed by atoms with Gasteiger partial charge in [-0.1, -0.05) is 5.92 Å². The van der Waals surface area contributed by atoms with E-state index in [1.54, 1.807) is 11.8 Å². The van der Waals surface area contributed by atoms with Gasteiger partial charge in [-0.05, 0) is 19.3 Å². The quantitative estimate of drug-likeness (QED) is 0.466. The van der Waals surface area contributed by atoms with Gasteiger partial charge in [0.15, 0.2) is 0 Å². The van der Waals surface area contributed by atoms with Crippen molar-refractivity contribution in [2.45, 2.75) is 25.4 Å². The molecule has 0 aromatic heterocycles. The molecular weight excluding hydrogens is 166 g/mol. The number of piperidine rings is 1. The summed E-state index contributed by atoms with van der Waals surface area (Å²) in [5.41, 5.74) is 11.5. The first kappa shape index (κ1) is 10.0. The third-order valence-corrected chi connectivity index (χ3v) is 2.23. The minimum absolute atomic E-state index is 0.0126. The van der Waals surface area contributed by atoms with E-state index in [9.17, 15) is 4.79 Å². The molecular formula is C9H15N3O. The first-order chi connectivity index (χ1) is 6.15. The Morgan fingerprint density at radius 1 is 1.46 bits per heavy atom. The van der Waals surface area contributed by atoms with Crippen molar-refractivity contribution in [2.75, 3.05) is 13.1 Å². The molecule has 13 heavy (non-hydrogen) atoms. The summed E-state index contributed by atoms with van der Waals surface area (Å²) < 4.78 is 0. The van der Waals surface area contributed by atoms with E-state index in [1.807, 2.05) is 0 Å². The summed E-state index contributed by atoms with van der Waals surface area (Å²) in [4.78, 5) is 13.0. The van der Waals surface area contributed by atoms with Crippen LogP contribution in [0, 0.1) is 11.8 Å². The van der Waals surface area contributed by atoms with Crippen LogP contribution < -0.4 is 11.5 Å². The van der Waals surface area contributed by atoms with Crippen LogP contribution in [0.4, 0.5) is 0 Å². The van der Waals surface area contributed by atoms with Gasteiger partial charge in [-0.25, -0.2) is 0 Å². The van der Waals surface area contributed by atoms with E-state index in [1.165, 1.54) is 0 Å². The second-order valence-electron chi connectivity index (χ2n) is 3.24. The van der Waals surface area contributed by atoms with Crippen LogP contribution in [0.5, 0.6) is 0 Å². The Labute approximate surface area is 78.3 Å². The second-order valence-corrected chi connectivity index (χ2v) is 3.24. The molecule has 1 aliphatic heterocycles. The van der Waals surface area contributed by atoms with E-state index in [4.69, 9.17) is 11.5 Å². The molecule has 1 amide bonds. The molecule has 2 atom stereocenters. The number of amides is 1. The summed E-state index contributed by atoms with van der Waals surface area (Å²) in [6, 6.07) is -0.102. The number of nitrogens with two attached hydrogens (primary N) is 2. The zero-order valence-corrected chi connectivity index (χ0v) is 7.79. The van der Waals surface area contributed by atoms with Gasteiger partial charge in [0.05, 0.1) is 0 Å². The van der Waals surface area contributed by atoms with Crippen molar-refractivity contribution in [3.8, 4) is 11.8 Å². The summed E-state index contributed by atoms with van der Waals surface area (Å²) in [6.07, 6.45) is 0.762. The van der Waals surface area contributed by atoms with Gasteiger partial charge in [-0.15, -0.1) is 0 Å². The lowest BCUT2D eigenvalue weighted by molar-refractivity contribution is -0.126. The zero-order valence-electron chi connectivity index (χ0n) is 7.79. The number of hydrogen-bond donors (Lipinski definition) is 2. The average Bonchev–Trinajstić information content (AvgIpc) is 2.10. The Balaban J connectivity index is 2.53. The van der Waals surface area contributed by atoms with Gasteiger partial charge >= 0.3 is 0 Å². The van der Waals surface area contributed by atoms with Gasteiger partial charge in [-0.3, -0.25) is 4.79 Å². The Morgan fingerprint density at radius 2 is 2.15 bits per heavy atom. The van der Waals surface area contributed by atoms with E-state index >= 15 is 0 Å². The Morgan fingerprint density at radius 3 is 2.69 bits per heavy atom. The van der Waals surface area contributed by atoms with Crippen LogP contribution in [-0.4, -0.2) is 36.0 Å². The lowest BCUT2D eigenvalue weighted by Crippen LogP contribution is -2.56. The topological polar surface area (TPSA) is 72.3 Å². The molecule has 0 bridgehead atoms. The fourth-order valence-electron chi connectivity index (χ4n) is 1.37. The average molecular weight is 181 g/mol. The molecule has 2 unspecified atom stereocenters. The van der Waals surface area contributed by atoms with Crippen molar-refractivity contribution < 1.29 is 4.79 Å². The minimum atomic E-state index is -0.148. The smallest absolute Gasteiger partial charge is 0.298 e. The Bertz CT molecular complexity index is 253. The van der Waals surface area contributed by atoms with Crippen LogP contribution in [-0.2, 0) is 4.79 Å². The molecule has 1 rings (SSSR count). The van der Waals surface area contributed by atoms with Crippen LogP contribution >= 0.6 is 0 Å². The SMILES string of the molecule is CC#CC(=O)N1CCC(N)C(N)C1. The van der Waals surface area contributed by atoms with Crippen LogP contribution in [0.2, 0.25) is 0 Å². The van der Waals surface area contributed by atoms with Gasteiger partial charge in [0.1, 0.15) is 0 Å². The summed E-state index contributed by atoms with van der Waals surface area (Å²) in [5.74, 6) is 4.92. The summed E-state index contributed by atoms with van der Waals surface area (Å²) in [5, 5.41) is 0. The maximum Gasteiger partial charge on any atom is 0.298 e. The predicted octanol–water partition coefficient (Wildman–Crippen LogP) is -1.10. The van der Waals surface area contributed by atoms with Gasteiger partial charge in [-0.2, -0.15) is 0 Å². The van der Waals surface area contributed by atoms with E-state index < -0.39 is 0 Å². The highest BCUT2D eigenvalue weighted by Crippen LogP contribution is 2.07. The van der Waals surface area contributed by atoms with Crippen LogP contribution in [0.25, 0.3) is 0 Å². The molecule has 1 fully saturated rings. The van der Waals surface area contributed by atoms with E-state index in [0.717, 1.165) is 6.42 Å². The first-order valence-corrected chi connectivity index (χ1v) is 4.38. The Kier molecular flexibility index (Phi) is 3.29. The minimum Gasteiger partial charge on any atom is -0.330 e. The number of nitrogens with zero attached hydrogens (tertiary/aromatic N) is 1. The van der Waals surface area contributed by atoms with Crippen LogP contribution in [0.15, 0.2) is 0 Å². The monoisotopic (exact) mass is 181 g/mol. The standard InChI is InChI=1S/C9H15N3O/c1-2-3-9(13)12-5-4-7(10)8(11)6-12/h7-8H,4-6,10-11H2,1H3. The van der Waals surface area contributed by atoms with Crippen molar-refractivity contribution in [1.29, 1.82) is 0 Å². The fourth-order valence-corrected chi connectivity index (χ4v) is 1.37. The van der Waals surface area contributed by atoms with Crippen molar-refractivity contribution >= 4 is 5.91 Å². The molecule has 4 N–H and O–H groups in total. The summed E-state index contributed by atoms with van der Waals surface area (Å²) >= 11 is 0. The number of carbonyl (C=O) groups excluding carboxylic acids is 1. The number of hydrogen-bond acceptors (Lipinski definition) is 3. The maximum absolute atomic E-state index is 11.3. The molecule has 1 aliphatic rings. The Hall–Kier alpha value is -1.05. The van der Waals surface area contributed by atoms with Crippen molar-refractivity contribution in [3.63, 3.8) is 0 Å². The highest BCUT2D eigenvalue weighted by atomic mass is 16.2. The van der Waals surface area contributed by atoms with Crippen molar-refractivity contribution in [2.24, 2.45) is 11.5 Å². The normalized spacial score (nSPS) is 27.8. The molecule has 1 heterocycles. The van der Waals surface area contributed by atoms with Crippen LogP contribution in [0.1, 0.15) is 13.3 Å². The largest absolute Gasteiger partial charge is 0.330 e. The molecule has 0 saturated carbocycles. The van der Waals surface area contributed by atoms with E-state index in [-0.39, 0.29) is 18.0 Å². The lowest BCUT2D eigenvalue weighted by atomic mass is 10.0. The predicted molar refractivity (Wildman–Crippen MR) is 50.6 cm³/mol. The molecule has 72 valence electrons. The third kappa shape index (κ3) is 2.44. The van der Waals surface area contributed by atoms with E-state index in [2.05, 4.69) is 11.8 Å². The molecule has 0 aromatic rings. The third-order valence-electron chi connectivity index (χ3n) is 2.23. The second kappa shape index (κ2) is 4.26. The zero-order chi connectivity index (χ0) is 9.84. The fraction of sp³-hybridized carbons (Fsp3) is 0.667. The lowest BCUT2D eigenvalue weighted by Gasteiger charge is -2.33. The molecule has 0 aromatic carbocycles. The van der Waals surface area contributed by atoms with Crippen molar-refractivity contribution in [3.05, 3.63) is 0 Å². The van der Waals surface area contributed by atoms with Gasteiger partial charge in [0.2, 0.25) is 0 Å². The number of carbonyl (C=O) groups is 1.